The second kappa shape index (κ2) is 19.2. The van der Waals surface area contributed by atoms with Crippen LogP contribution in [0.3, 0.4) is 0 Å². The van der Waals surface area contributed by atoms with Gasteiger partial charge in [0.2, 0.25) is 0 Å². The largest absolute Gasteiger partial charge is 0.295 e. The van der Waals surface area contributed by atoms with Crippen molar-refractivity contribution in [1.29, 1.82) is 0 Å². The highest BCUT2D eigenvalue weighted by Crippen LogP contribution is 2.37. The Kier molecular flexibility index (Phi) is 19.0. The fourth-order valence-corrected chi connectivity index (χ4v) is 4.71. The summed E-state index contributed by atoms with van der Waals surface area (Å²) in [4.78, 5) is 12.0. The number of carbonyl (C=O) groups excluding carboxylic acids is 1. The van der Waals surface area contributed by atoms with Gasteiger partial charge in [-0.15, -0.1) is 0 Å². The second-order valence-corrected chi connectivity index (χ2v) is 9.74. The minimum absolute atomic E-state index is 0.308. The third-order valence-corrected chi connectivity index (χ3v) is 7.22. The predicted octanol–water partition coefficient (Wildman–Crippen LogP) is 8.07. The lowest BCUT2D eigenvalue weighted by Gasteiger charge is -2.10. The topological polar surface area (TPSA) is 17.1 Å². The second-order valence-electron chi connectivity index (χ2n) is 6.90. The van der Waals surface area contributed by atoms with E-state index in [1.54, 1.807) is 0 Å². The smallest absolute Gasteiger partial charge is 0.154 e. The number of hydrogen-bond acceptors (Lipinski definition) is 1. The molecule has 2 heteroatoms. The van der Waals surface area contributed by atoms with Crippen LogP contribution >= 0.6 is 7.92 Å². The summed E-state index contributed by atoms with van der Waals surface area (Å²) >= 11 is 0. The Morgan fingerprint density at radius 1 is 0.667 bits per heavy atom. The molecule has 0 N–H and O–H groups in total. The number of unbranched alkanes of at least 4 members (excludes halogenated alkanes) is 11. The maximum absolute atomic E-state index is 12.0. The molecule has 0 bridgehead atoms. The third-order valence-electron chi connectivity index (χ3n) is 4.77. The van der Waals surface area contributed by atoms with E-state index in [0.29, 0.717) is 5.52 Å². The van der Waals surface area contributed by atoms with Gasteiger partial charge in [-0.2, -0.15) is 0 Å². The average molecular weight is 355 g/mol. The minimum atomic E-state index is -0.308. The summed E-state index contributed by atoms with van der Waals surface area (Å²) in [6.45, 7) is 6.59. The molecule has 0 radical (unpaired) electrons. The van der Waals surface area contributed by atoms with Gasteiger partial charge >= 0.3 is 0 Å². The van der Waals surface area contributed by atoms with Crippen LogP contribution in [0.4, 0.5) is 0 Å². The zero-order valence-corrected chi connectivity index (χ0v) is 17.7. The third kappa shape index (κ3) is 15.4. The molecule has 142 valence electrons. The molecule has 0 aromatic rings. The number of allylic oxidation sites excluding steroid dienone is 2. The van der Waals surface area contributed by atoms with Crippen molar-refractivity contribution >= 4 is 13.4 Å². The van der Waals surface area contributed by atoms with E-state index in [4.69, 9.17) is 0 Å². The standard InChI is InChI=1S/C22H43OP/c1-4-7-8-9-10-11-12-13-14-15-16-17-18-19-20-21-22(23)24(5-2)6-3/h13-14H,4-12,15-21H2,1-3H3. The lowest BCUT2D eigenvalue weighted by atomic mass is 10.1. The van der Waals surface area contributed by atoms with Crippen LogP contribution in [0.15, 0.2) is 12.2 Å². The van der Waals surface area contributed by atoms with Crippen molar-refractivity contribution in [3.63, 3.8) is 0 Å². The van der Waals surface area contributed by atoms with E-state index < -0.39 is 0 Å². The molecular formula is C22H43OP. The van der Waals surface area contributed by atoms with E-state index in [1.807, 2.05) is 0 Å². The van der Waals surface area contributed by atoms with E-state index in [2.05, 4.69) is 32.9 Å². The number of hydrogen-bond donors (Lipinski definition) is 0. The molecule has 1 nitrogen and oxygen atoms in total. The van der Waals surface area contributed by atoms with E-state index in [-0.39, 0.29) is 7.92 Å². The van der Waals surface area contributed by atoms with Crippen LogP contribution in [-0.4, -0.2) is 17.8 Å². The molecule has 0 saturated heterocycles. The SMILES string of the molecule is CCCCCCCCC=CCCCCCCCC(=O)P(CC)CC. The average Bonchev–Trinajstić information content (AvgIpc) is 2.59. The van der Waals surface area contributed by atoms with Crippen molar-refractivity contribution in [1.82, 2.24) is 0 Å². The molecule has 24 heavy (non-hydrogen) atoms. The Bertz CT molecular complexity index is 294. The fraction of sp³-hybridized carbons (Fsp3) is 0.864. The summed E-state index contributed by atoms with van der Waals surface area (Å²) in [5.41, 5.74) is 0.563. The fourth-order valence-electron chi connectivity index (χ4n) is 3.08. The van der Waals surface area contributed by atoms with Crippen molar-refractivity contribution in [2.24, 2.45) is 0 Å². The summed E-state index contributed by atoms with van der Waals surface area (Å²) < 4.78 is 0. The van der Waals surface area contributed by atoms with E-state index in [1.165, 1.54) is 77.0 Å². The summed E-state index contributed by atoms with van der Waals surface area (Å²) in [7, 11) is -0.308. The molecule has 0 aromatic heterocycles. The van der Waals surface area contributed by atoms with Crippen molar-refractivity contribution in [3.05, 3.63) is 12.2 Å². The maximum atomic E-state index is 12.0. The molecule has 0 spiro atoms. The van der Waals surface area contributed by atoms with Crippen LogP contribution in [0.1, 0.15) is 111 Å². The molecule has 0 amide bonds. The zero-order valence-electron chi connectivity index (χ0n) is 16.8. The Morgan fingerprint density at radius 3 is 1.62 bits per heavy atom. The molecule has 0 heterocycles. The Labute approximate surface area is 153 Å². The van der Waals surface area contributed by atoms with E-state index >= 15 is 0 Å². The first kappa shape index (κ1) is 23.8. The molecule has 0 aliphatic heterocycles. The highest BCUT2D eigenvalue weighted by molar-refractivity contribution is 7.74. The van der Waals surface area contributed by atoms with Gasteiger partial charge < -0.3 is 0 Å². The van der Waals surface area contributed by atoms with Crippen LogP contribution in [0, 0.1) is 0 Å². The zero-order chi connectivity index (χ0) is 17.9. The quantitative estimate of drug-likeness (QED) is 0.138. The molecule has 0 saturated carbocycles. The van der Waals surface area contributed by atoms with Crippen molar-refractivity contribution in [2.75, 3.05) is 12.3 Å². The van der Waals surface area contributed by atoms with Gasteiger partial charge in [0.05, 0.1) is 0 Å². The van der Waals surface area contributed by atoms with Gasteiger partial charge in [0.1, 0.15) is 0 Å². The predicted molar refractivity (Wildman–Crippen MR) is 112 cm³/mol. The number of rotatable bonds is 18. The van der Waals surface area contributed by atoms with Gasteiger partial charge in [-0.3, -0.25) is 4.79 Å². The first-order valence-electron chi connectivity index (χ1n) is 10.7. The lowest BCUT2D eigenvalue weighted by molar-refractivity contribution is -0.111. The lowest BCUT2D eigenvalue weighted by Crippen LogP contribution is -1.99. The molecule has 0 aliphatic carbocycles. The van der Waals surface area contributed by atoms with Crippen molar-refractivity contribution < 1.29 is 4.79 Å². The van der Waals surface area contributed by atoms with Crippen LogP contribution in [0.25, 0.3) is 0 Å². The van der Waals surface area contributed by atoms with Crippen LogP contribution in [0.5, 0.6) is 0 Å². The molecule has 0 unspecified atom stereocenters. The molecular weight excluding hydrogens is 311 g/mol. The highest BCUT2D eigenvalue weighted by Gasteiger charge is 2.12. The maximum Gasteiger partial charge on any atom is 0.154 e. The minimum Gasteiger partial charge on any atom is -0.295 e. The molecule has 0 atom stereocenters. The summed E-state index contributed by atoms with van der Waals surface area (Å²) in [6.07, 6.45) is 24.9. The van der Waals surface area contributed by atoms with Crippen LogP contribution in [-0.2, 0) is 4.79 Å². The Morgan fingerprint density at radius 2 is 1.12 bits per heavy atom. The van der Waals surface area contributed by atoms with E-state index in [9.17, 15) is 4.79 Å². The Hall–Kier alpha value is -0.160. The van der Waals surface area contributed by atoms with Crippen LogP contribution in [0.2, 0.25) is 0 Å². The first-order valence-corrected chi connectivity index (χ1v) is 12.4. The van der Waals surface area contributed by atoms with Gasteiger partial charge in [-0.25, -0.2) is 0 Å². The van der Waals surface area contributed by atoms with Gasteiger partial charge in [0.15, 0.2) is 5.52 Å². The molecule has 0 aromatic carbocycles. The summed E-state index contributed by atoms with van der Waals surface area (Å²) in [5.74, 6) is 0. The monoisotopic (exact) mass is 354 g/mol. The molecule has 0 aliphatic rings. The highest BCUT2D eigenvalue weighted by atomic mass is 31.1. The number of carbonyl (C=O) groups is 1. The van der Waals surface area contributed by atoms with Gasteiger partial charge in [-0.1, -0.05) is 84.3 Å². The summed E-state index contributed by atoms with van der Waals surface area (Å²) in [6, 6.07) is 0. The summed E-state index contributed by atoms with van der Waals surface area (Å²) in [5, 5.41) is 0. The van der Waals surface area contributed by atoms with Gasteiger partial charge in [0.25, 0.3) is 0 Å². The Balaban J connectivity index is 3.27. The first-order chi connectivity index (χ1) is 11.8. The molecule has 0 rings (SSSR count). The van der Waals surface area contributed by atoms with Crippen molar-refractivity contribution in [3.8, 4) is 0 Å². The van der Waals surface area contributed by atoms with Crippen LogP contribution < -0.4 is 0 Å². The molecule has 0 fully saturated rings. The normalized spacial score (nSPS) is 11.7. The van der Waals surface area contributed by atoms with Crippen molar-refractivity contribution in [2.45, 2.75) is 111 Å². The van der Waals surface area contributed by atoms with Gasteiger partial charge in [0, 0.05) is 6.42 Å². The van der Waals surface area contributed by atoms with E-state index in [0.717, 1.165) is 25.2 Å². The van der Waals surface area contributed by atoms with Gasteiger partial charge in [-0.05, 0) is 52.3 Å².